The minimum atomic E-state index is 0.339. The Morgan fingerprint density at radius 2 is 2.19 bits per heavy atom. The molecule has 1 aromatic rings. The van der Waals surface area contributed by atoms with E-state index >= 15 is 0 Å². The van der Waals surface area contributed by atoms with Crippen molar-refractivity contribution in [3.05, 3.63) is 41.5 Å². The molecule has 0 aromatic heterocycles. The van der Waals surface area contributed by atoms with E-state index in [1.807, 2.05) is 12.1 Å². The molecule has 2 nitrogen and oxygen atoms in total. The number of hydrogen-bond acceptors (Lipinski definition) is 2. The zero-order valence-electron chi connectivity index (χ0n) is 10.6. The topological polar surface area (TPSA) is 21.3 Å². The number of hydrogen-bond donors (Lipinski definition) is 1. The second-order valence-electron chi connectivity index (χ2n) is 4.19. The summed E-state index contributed by atoms with van der Waals surface area (Å²) < 4.78 is 5.21. The summed E-state index contributed by atoms with van der Waals surface area (Å²) in [6.45, 7) is 7.28. The molecule has 0 saturated carbocycles. The quantitative estimate of drug-likeness (QED) is 0.767. The molecule has 2 heteroatoms. The molecular formula is C14H21NO. The Morgan fingerprint density at radius 1 is 1.44 bits per heavy atom. The van der Waals surface area contributed by atoms with E-state index in [1.54, 1.807) is 7.11 Å². The first-order valence-corrected chi connectivity index (χ1v) is 5.64. The smallest absolute Gasteiger partial charge is 0.119 e. The lowest BCUT2D eigenvalue weighted by Crippen LogP contribution is -2.18. The molecule has 88 valence electrons. The van der Waals surface area contributed by atoms with E-state index in [0.717, 1.165) is 12.3 Å². The summed E-state index contributed by atoms with van der Waals surface area (Å²) in [4.78, 5) is 0. The molecule has 0 unspecified atom stereocenters. The average Bonchev–Trinajstić information content (AvgIpc) is 2.28. The number of ether oxygens (including phenoxy) is 1. The molecule has 1 atom stereocenters. The van der Waals surface area contributed by atoms with Gasteiger partial charge in [-0.15, -0.1) is 0 Å². The molecule has 0 saturated heterocycles. The standard InChI is InChI=1S/C14H21NO/c1-11(2)8-9-15-12(3)13-6-5-7-14(10-13)16-4/h5-8,10,12,15H,9H2,1-4H3/t12-/m1/s1. The maximum Gasteiger partial charge on any atom is 0.119 e. The lowest BCUT2D eigenvalue weighted by Gasteiger charge is -2.13. The van der Waals surface area contributed by atoms with E-state index in [0.29, 0.717) is 6.04 Å². The highest BCUT2D eigenvalue weighted by atomic mass is 16.5. The summed E-state index contributed by atoms with van der Waals surface area (Å²) in [6.07, 6.45) is 2.19. The van der Waals surface area contributed by atoms with Crippen LogP contribution in [0.3, 0.4) is 0 Å². The van der Waals surface area contributed by atoms with Crippen LogP contribution in [0.15, 0.2) is 35.9 Å². The molecule has 0 heterocycles. The zero-order valence-corrected chi connectivity index (χ0v) is 10.6. The second kappa shape index (κ2) is 6.33. The Bertz CT molecular complexity index is 354. The van der Waals surface area contributed by atoms with Crippen LogP contribution in [-0.4, -0.2) is 13.7 Å². The molecule has 0 aliphatic carbocycles. The van der Waals surface area contributed by atoms with Gasteiger partial charge in [0.2, 0.25) is 0 Å². The fourth-order valence-electron chi connectivity index (χ4n) is 1.47. The van der Waals surface area contributed by atoms with Gasteiger partial charge in [0.1, 0.15) is 5.75 Å². The largest absolute Gasteiger partial charge is 0.497 e. The predicted molar refractivity (Wildman–Crippen MR) is 68.8 cm³/mol. The number of rotatable bonds is 5. The average molecular weight is 219 g/mol. The zero-order chi connectivity index (χ0) is 12.0. The first-order chi connectivity index (χ1) is 7.63. The van der Waals surface area contributed by atoms with Gasteiger partial charge in [0.05, 0.1) is 7.11 Å². The van der Waals surface area contributed by atoms with Gasteiger partial charge in [-0.1, -0.05) is 23.8 Å². The van der Waals surface area contributed by atoms with Crippen LogP contribution in [0, 0.1) is 0 Å². The van der Waals surface area contributed by atoms with Crippen molar-refractivity contribution in [1.82, 2.24) is 5.32 Å². The first kappa shape index (κ1) is 12.8. The molecular weight excluding hydrogens is 198 g/mol. The molecule has 1 N–H and O–H groups in total. The molecule has 0 aliphatic heterocycles. The van der Waals surface area contributed by atoms with E-state index in [-0.39, 0.29) is 0 Å². The van der Waals surface area contributed by atoms with Crippen LogP contribution in [0.4, 0.5) is 0 Å². The van der Waals surface area contributed by atoms with Crippen LogP contribution in [0.5, 0.6) is 5.75 Å². The van der Waals surface area contributed by atoms with Gasteiger partial charge in [0, 0.05) is 12.6 Å². The van der Waals surface area contributed by atoms with Crippen molar-refractivity contribution >= 4 is 0 Å². The molecule has 16 heavy (non-hydrogen) atoms. The Balaban J connectivity index is 2.58. The van der Waals surface area contributed by atoms with Crippen LogP contribution in [0.25, 0.3) is 0 Å². The van der Waals surface area contributed by atoms with Crippen LogP contribution in [0.2, 0.25) is 0 Å². The molecule has 0 fully saturated rings. The van der Waals surface area contributed by atoms with E-state index in [2.05, 4.69) is 44.3 Å². The van der Waals surface area contributed by atoms with Gasteiger partial charge in [-0.2, -0.15) is 0 Å². The van der Waals surface area contributed by atoms with Crippen LogP contribution in [0.1, 0.15) is 32.4 Å². The van der Waals surface area contributed by atoms with E-state index in [4.69, 9.17) is 4.74 Å². The van der Waals surface area contributed by atoms with Crippen molar-refractivity contribution in [3.63, 3.8) is 0 Å². The van der Waals surface area contributed by atoms with E-state index in [1.165, 1.54) is 11.1 Å². The van der Waals surface area contributed by atoms with E-state index < -0.39 is 0 Å². The van der Waals surface area contributed by atoms with Gasteiger partial charge >= 0.3 is 0 Å². The Labute approximate surface area is 98.3 Å². The molecule has 1 rings (SSSR count). The normalized spacial score (nSPS) is 12.0. The van der Waals surface area contributed by atoms with Gasteiger partial charge in [-0.3, -0.25) is 0 Å². The summed E-state index contributed by atoms with van der Waals surface area (Å²) in [5.41, 5.74) is 2.59. The molecule has 0 spiro atoms. The number of methoxy groups -OCH3 is 1. The molecule has 0 bridgehead atoms. The number of allylic oxidation sites excluding steroid dienone is 1. The van der Waals surface area contributed by atoms with E-state index in [9.17, 15) is 0 Å². The summed E-state index contributed by atoms with van der Waals surface area (Å²) >= 11 is 0. The summed E-state index contributed by atoms with van der Waals surface area (Å²) in [6, 6.07) is 8.51. The molecule has 0 radical (unpaired) electrons. The third-order valence-corrected chi connectivity index (χ3v) is 2.53. The lowest BCUT2D eigenvalue weighted by molar-refractivity contribution is 0.413. The number of benzene rings is 1. The fraction of sp³-hybridized carbons (Fsp3) is 0.429. The summed E-state index contributed by atoms with van der Waals surface area (Å²) in [5, 5.41) is 3.45. The maximum atomic E-state index is 5.21. The number of nitrogens with one attached hydrogen (secondary N) is 1. The Morgan fingerprint density at radius 3 is 2.81 bits per heavy atom. The second-order valence-corrected chi connectivity index (χ2v) is 4.19. The van der Waals surface area contributed by atoms with Crippen molar-refractivity contribution in [1.29, 1.82) is 0 Å². The van der Waals surface area contributed by atoms with Crippen molar-refractivity contribution in [3.8, 4) is 5.75 Å². The van der Waals surface area contributed by atoms with Crippen molar-refractivity contribution in [2.45, 2.75) is 26.8 Å². The van der Waals surface area contributed by atoms with Crippen LogP contribution in [-0.2, 0) is 0 Å². The maximum absolute atomic E-state index is 5.21. The van der Waals surface area contributed by atoms with Crippen LogP contribution >= 0.6 is 0 Å². The summed E-state index contributed by atoms with van der Waals surface area (Å²) in [7, 11) is 1.69. The lowest BCUT2D eigenvalue weighted by atomic mass is 10.1. The highest BCUT2D eigenvalue weighted by Crippen LogP contribution is 2.18. The monoisotopic (exact) mass is 219 g/mol. The van der Waals surface area contributed by atoms with Gasteiger partial charge in [0.15, 0.2) is 0 Å². The summed E-state index contributed by atoms with van der Waals surface area (Å²) in [5.74, 6) is 0.911. The highest BCUT2D eigenvalue weighted by Gasteiger charge is 2.04. The molecule has 0 aliphatic rings. The first-order valence-electron chi connectivity index (χ1n) is 5.64. The van der Waals surface area contributed by atoms with Crippen molar-refractivity contribution in [2.24, 2.45) is 0 Å². The SMILES string of the molecule is COc1cccc([C@@H](C)NCC=C(C)C)c1. The third kappa shape index (κ3) is 4.07. The van der Waals surface area contributed by atoms with Gasteiger partial charge in [-0.05, 0) is 38.5 Å². The molecule has 0 amide bonds. The highest BCUT2D eigenvalue weighted by molar-refractivity contribution is 5.30. The third-order valence-electron chi connectivity index (χ3n) is 2.53. The predicted octanol–water partition coefficient (Wildman–Crippen LogP) is 3.31. The van der Waals surface area contributed by atoms with Crippen LogP contribution < -0.4 is 10.1 Å². The van der Waals surface area contributed by atoms with Gasteiger partial charge < -0.3 is 10.1 Å². The fourth-order valence-corrected chi connectivity index (χ4v) is 1.47. The van der Waals surface area contributed by atoms with Gasteiger partial charge in [-0.25, -0.2) is 0 Å². The minimum absolute atomic E-state index is 0.339. The van der Waals surface area contributed by atoms with Crippen molar-refractivity contribution in [2.75, 3.05) is 13.7 Å². The molecule has 1 aromatic carbocycles. The minimum Gasteiger partial charge on any atom is -0.497 e. The van der Waals surface area contributed by atoms with Crippen molar-refractivity contribution < 1.29 is 4.74 Å². The Kier molecular flexibility index (Phi) is 5.06. The van der Waals surface area contributed by atoms with Gasteiger partial charge in [0.25, 0.3) is 0 Å². The Hall–Kier alpha value is -1.28.